The van der Waals surface area contributed by atoms with Crippen molar-refractivity contribution in [2.75, 3.05) is 13.1 Å². The lowest BCUT2D eigenvalue weighted by atomic mass is 10.0. The molecule has 0 saturated carbocycles. The smallest absolute Gasteiger partial charge is 0.0955 e. The van der Waals surface area contributed by atoms with Gasteiger partial charge in [0.1, 0.15) is 0 Å². The molecule has 2 atom stereocenters. The van der Waals surface area contributed by atoms with Crippen molar-refractivity contribution >= 4 is 0 Å². The lowest BCUT2D eigenvalue weighted by molar-refractivity contribution is -0.0126. The van der Waals surface area contributed by atoms with Crippen molar-refractivity contribution in [3.8, 4) is 0 Å². The van der Waals surface area contributed by atoms with E-state index in [1.165, 1.54) is 11.1 Å². The predicted octanol–water partition coefficient (Wildman–Crippen LogP) is 4.10. The van der Waals surface area contributed by atoms with E-state index in [0.29, 0.717) is 12.0 Å². The first-order chi connectivity index (χ1) is 9.04. The number of rotatable bonds is 8. The van der Waals surface area contributed by atoms with Gasteiger partial charge >= 0.3 is 0 Å². The van der Waals surface area contributed by atoms with Gasteiger partial charge in [0.25, 0.3) is 0 Å². The highest BCUT2D eigenvalue weighted by Gasteiger charge is 2.17. The Balaban J connectivity index is 2.74. The molecule has 108 valence electrons. The first kappa shape index (κ1) is 16.2. The van der Waals surface area contributed by atoms with Gasteiger partial charge in [-0.15, -0.1) is 0 Å². The van der Waals surface area contributed by atoms with Crippen LogP contribution in [0.15, 0.2) is 24.3 Å². The number of ether oxygens (including phenoxy) is 1. The fourth-order valence-electron chi connectivity index (χ4n) is 2.45. The molecule has 0 aromatic heterocycles. The minimum atomic E-state index is 0.148. The molecule has 0 saturated heterocycles. The van der Waals surface area contributed by atoms with Gasteiger partial charge in [-0.05, 0) is 43.9 Å². The van der Waals surface area contributed by atoms with Crippen LogP contribution in [-0.4, -0.2) is 19.2 Å². The van der Waals surface area contributed by atoms with Gasteiger partial charge in [-0.3, -0.25) is 0 Å². The Bertz CT molecular complexity index is 362. The van der Waals surface area contributed by atoms with E-state index in [1.54, 1.807) is 0 Å². The maximum Gasteiger partial charge on any atom is 0.0955 e. The van der Waals surface area contributed by atoms with E-state index in [9.17, 15) is 0 Å². The molecule has 2 nitrogen and oxygen atoms in total. The molecule has 1 rings (SSSR count). The predicted molar refractivity (Wildman–Crippen MR) is 82.5 cm³/mol. The van der Waals surface area contributed by atoms with E-state index in [1.807, 2.05) is 0 Å². The Morgan fingerprint density at radius 1 is 1.16 bits per heavy atom. The van der Waals surface area contributed by atoms with Crippen LogP contribution < -0.4 is 5.32 Å². The van der Waals surface area contributed by atoms with Crippen LogP contribution in [0.25, 0.3) is 0 Å². The van der Waals surface area contributed by atoms with Crippen LogP contribution in [0, 0.1) is 12.8 Å². The Labute approximate surface area is 118 Å². The number of benzene rings is 1. The average Bonchev–Trinajstić information content (AvgIpc) is 2.34. The highest BCUT2D eigenvalue weighted by Crippen LogP contribution is 2.23. The zero-order valence-corrected chi connectivity index (χ0v) is 13.1. The number of nitrogens with one attached hydrogen (secondary N) is 1. The Hall–Kier alpha value is -0.860. The molecule has 0 aliphatic heterocycles. The van der Waals surface area contributed by atoms with E-state index in [2.05, 4.69) is 64.2 Å². The number of hydrogen-bond donors (Lipinski definition) is 1. The Morgan fingerprint density at radius 2 is 1.84 bits per heavy atom. The summed E-state index contributed by atoms with van der Waals surface area (Å²) in [6.45, 7) is 12.8. The van der Waals surface area contributed by atoms with Crippen molar-refractivity contribution in [2.24, 2.45) is 5.92 Å². The van der Waals surface area contributed by atoms with Gasteiger partial charge in [-0.1, -0.05) is 45.0 Å². The van der Waals surface area contributed by atoms with Crippen LogP contribution in [0.3, 0.4) is 0 Å². The second kappa shape index (κ2) is 8.34. The third-order valence-corrected chi connectivity index (χ3v) is 3.31. The second-order valence-electron chi connectivity index (χ2n) is 5.73. The average molecular weight is 263 g/mol. The van der Waals surface area contributed by atoms with E-state index in [4.69, 9.17) is 4.74 Å². The molecular formula is C17H29NO. The molecule has 1 aromatic carbocycles. The molecule has 2 unspecified atom stereocenters. The summed E-state index contributed by atoms with van der Waals surface area (Å²) in [6.07, 6.45) is 1.55. The van der Waals surface area contributed by atoms with Crippen LogP contribution in [0.4, 0.5) is 0 Å². The standard InChI is InChI=1S/C17H29NO/c1-6-18-12-17(19-15(5)11-13(2)3)16-10-8-7-9-14(16)4/h7-10,13,15,17-18H,6,11-12H2,1-5H3. The number of aryl methyl sites for hydroxylation is 1. The minimum Gasteiger partial charge on any atom is -0.369 e. The van der Waals surface area contributed by atoms with Gasteiger partial charge in [-0.2, -0.15) is 0 Å². The molecule has 2 heteroatoms. The van der Waals surface area contributed by atoms with Gasteiger partial charge in [0, 0.05) is 6.54 Å². The lowest BCUT2D eigenvalue weighted by Gasteiger charge is -2.25. The van der Waals surface area contributed by atoms with E-state index in [-0.39, 0.29) is 6.10 Å². The normalized spacial score (nSPS) is 14.6. The minimum absolute atomic E-state index is 0.148. The summed E-state index contributed by atoms with van der Waals surface area (Å²) in [5, 5.41) is 3.41. The Morgan fingerprint density at radius 3 is 2.42 bits per heavy atom. The van der Waals surface area contributed by atoms with Crippen molar-refractivity contribution in [3.63, 3.8) is 0 Å². The largest absolute Gasteiger partial charge is 0.369 e. The molecule has 19 heavy (non-hydrogen) atoms. The topological polar surface area (TPSA) is 21.3 Å². The van der Waals surface area contributed by atoms with Gasteiger partial charge < -0.3 is 10.1 Å². The molecule has 0 bridgehead atoms. The summed E-state index contributed by atoms with van der Waals surface area (Å²) in [4.78, 5) is 0. The first-order valence-corrected chi connectivity index (χ1v) is 7.46. The summed E-state index contributed by atoms with van der Waals surface area (Å²) in [5.41, 5.74) is 2.61. The van der Waals surface area contributed by atoms with E-state index < -0.39 is 0 Å². The molecular weight excluding hydrogens is 234 g/mol. The highest BCUT2D eigenvalue weighted by molar-refractivity contribution is 5.28. The van der Waals surface area contributed by atoms with Gasteiger partial charge in [0.05, 0.1) is 12.2 Å². The molecule has 0 radical (unpaired) electrons. The van der Waals surface area contributed by atoms with Crippen molar-refractivity contribution in [3.05, 3.63) is 35.4 Å². The van der Waals surface area contributed by atoms with Gasteiger partial charge in [0.15, 0.2) is 0 Å². The van der Waals surface area contributed by atoms with Crippen molar-refractivity contribution in [1.82, 2.24) is 5.32 Å². The maximum atomic E-state index is 6.27. The molecule has 0 spiro atoms. The molecule has 0 amide bonds. The van der Waals surface area contributed by atoms with Crippen molar-refractivity contribution < 1.29 is 4.74 Å². The number of hydrogen-bond acceptors (Lipinski definition) is 2. The molecule has 0 fully saturated rings. The molecule has 0 aliphatic rings. The molecule has 0 aliphatic carbocycles. The van der Waals surface area contributed by atoms with Gasteiger partial charge in [-0.25, -0.2) is 0 Å². The van der Waals surface area contributed by atoms with Crippen molar-refractivity contribution in [1.29, 1.82) is 0 Å². The zero-order chi connectivity index (χ0) is 14.3. The van der Waals surface area contributed by atoms with E-state index >= 15 is 0 Å². The highest BCUT2D eigenvalue weighted by atomic mass is 16.5. The Kier molecular flexibility index (Phi) is 7.11. The fourth-order valence-corrected chi connectivity index (χ4v) is 2.45. The fraction of sp³-hybridized carbons (Fsp3) is 0.647. The summed E-state index contributed by atoms with van der Waals surface area (Å²) >= 11 is 0. The summed E-state index contributed by atoms with van der Waals surface area (Å²) < 4.78 is 6.27. The van der Waals surface area contributed by atoms with Gasteiger partial charge in [0.2, 0.25) is 0 Å². The van der Waals surface area contributed by atoms with Crippen LogP contribution in [-0.2, 0) is 4.74 Å². The molecule has 1 aromatic rings. The van der Waals surface area contributed by atoms with Crippen LogP contribution in [0.1, 0.15) is 51.3 Å². The zero-order valence-electron chi connectivity index (χ0n) is 13.1. The molecule has 0 heterocycles. The SMILES string of the molecule is CCNCC(OC(C)CC(C)C)c1ccccc1C. The van der Waals surface area contributed by atoms with Crippen LogP contribution in [0.2, 0.25) is 0 Å². The van der Waals surface area contributed by atoms with E-state index in [0.717, 1.165) is 19.5 Å². The first-order valence-electron chi connectivity index (χ1n) is 7.46. The molecule has 1 N–H and O–H groups in total. The number of likely N-dealkylation sites (N-methyl/N-ethyl adjacent to an activating group) is 1. The lowest BCUT2D eigenvalue weighted by Crippen LogP contribution is -2.26. The summed E-state index contributed by atoms with van der Waals surface area (Å²) in [7, 11) is 0. The summed E-state index contributed by atoms with van der Waals surface area (Å²) in [5.74, 6) is 0.673. The van der Waals surface area contributed by atoms with Crippen LogP contribution in [0.5, 0.6) is 0 Å². The quantitative estimate of drug-likeness (QED) is 0.762. The van der Waals surface area contributed by atoms with Crippen LogP contribution >= 0.6 is 0 Å². The monoisotopic (exact) mass is 263 g/mol. The maximum absolute atomic E-state index is 6.27. The third-order valence-electron chi connectivity index (χ3n) is 3.31. The second-order valence-corrected chi connectivity index (χ2v) is 5.73. The summed E-state index contributed by atoms with van der Waals surface area (Å²) in [6, 6.07) is 8.52. The third kappa shape index (κ3) is 5.75. The van der Waals surface area contributed by atoms with Crippen molar-refractivity contribution in [2.45, 2.75) is 53.2 Å².